The summed E-state index contributed by atoms with van der Waals surface area (Å²) in [6.07, 6.45) is 5.12. The first-order valence-corrected chi connectivity index (χ1v) is 9.58. The first kappa shape index (κ1) is 23.0. The Kier molecular flexibility index (Phi) is 11.7. The van der Waals surface area contributed by atoms with Crippen LogP contribution >= 0.6 is 24.0 Å². The van der Waals surface area contributed by atoms with Gasteiger partial charge < -0.3 is 19.9 Å². The van der Waals surface area contributed by atoms with Gasteiger partial charge in [0.1, 0.15) is 5.75 Å². The number of unbranched alkanes of at least 4 members (excludes halogenated alkanes) is 1. The SMILES string of the molecule is CCNC(=NCCCCN1CCCC1)N(C)Cc1ccccc1OC.I. The molecule has 0 atom stereocenters. The summed E-state index contributed by atoms with van der Waals surface area (Å²) < 4.78 is 5.46. The fourth-order valence-electron chi connectivity index (χ4n) is 3.27. The van der Waals surface area contributed by atoms with E-state index in [-0.39, 0.29) is 24.0 Å². The summed E-state index contributed by atoms with van der Waals surface area (Å²) in [4.78, 5) is 9.54. The standard InChI is InChI=1S/C20H34N4O.HI/c1-4-21-20(22-13-7-8-14-24-15-9-10-16-24)23(2)17-18-11-5-6-12-19(18)25-3;/h5-6,11-12H,4,7-10,13-17H2,1-3H3,(H,21,22);1H. The number of methoxy groups -OCH3 is 1. The van der Waals surface area contributed by atoms with Gasteiger partial charge in [-0.15, -0.1) is 24.0 Å². The monoisotopic (exact) mass is 474 g/mol. The van der Waals surface area contributed by atoms with E-state index in [4.69, 9.17) is 9.73 Å². The van der Waals surface area contributed by atoms with E-state index in [1.165, 1.54) is 44.5 Å². The van der Waals surface area contributed by atoms with E-state index in [2.05, 4.69) is 35.2 Å². The quantitative estimate of drug-likeness (QED) is 0.257. The Hall–Kier alpha value is -1.02. The van der Waals surface area contributed by atoms with Gasteiger partial charge in [0.15, 0.2) is 5.96 Å². The van der Waals surface area contributed by atoms with Crippen molar-refractivity contribution in [2.75, 3.05) is 46.9 Å². The van der Waals surface area contributed by atoms with Crippen LogP contribution in [0.15, 0.2) is 29.3 Å². The maximum atomic E-state index is 5.46. The zero-order valence-electron chi connectivity index (χ0n) is 16.5. The molecule has 5 nitrogen and oxygen atoms in total. The van der Waals surface area contributed by atoms with Crippen LogP contribution in [0.25, 0.3) is 0 Å². The molecule has 148 valence electrons. The van der Waals surface area contributed by atoms with Gasteiger partial charge in [0.2, 0.25) is 0 Å². The number of nitrogens with zero attached hydrogens (tertiary/aromatic N) is 3. The maximum absolute atomic E-state index is 5.46. The van der Waals surface area contributed by atoms with Crippen molar-refractivity contribution < 1.29 is 4.74 Å². The average Bonchev–Trinajstić information content (AvgIpc) is 3.14. The number of nitrogens with one attached hydrogen (secondary N) is 1. The van der Waals surface area contributed by atoms with Crippen molar-refractivity contribution in [1.29, 1.82) is 0 Å². The van der Waals surface area contributed by atoms with Crippen molar-refractivity contribution in [1.82, 2.24) is 15.1 Å². The van der Waals surface area contributed by atoms with Crippen LogP contribution in [0.3, 0.4) is 0 Å². The molecule has 1 saturated heterocycles. The van der Waals surface area contributed by atoms with E-state index in [0.29, 0.717) is 0 Å². The molecule has 1 heterocycles. The number of benzene rings is 1. The minimum atomic E-state index is 0. The minimum Gasteiger partial charge on any atom is -0.496 e. The number of guanidine groups is 1. The third kappa shape index (κ3) is 7.70. The molecule has 1 aromatic rings. The predicted octanol–water partition coefficient (Wildman–Crippen LogP) is 3.59. The summed E-state index contributed by atoms with van der Waals surface area (Å²) in [6.45, 7) is 8.45. The number of para-hydroxylation sites is 1. The second-order valence-electron chi connectivity index (χ2n) is 6.66. The largest absolute Gasteiger partial charge is 0.496 e. The highest BCUT2D eigenvalue weighted by Crippen LogP contribution is 2.18. The lowest BCUT2D eigenvalue weighted by molar-refractivity contribution is 0.331. The van der Waals surface area contributed by atoms with Crippen LogP contribution in [0, 0.1) is 0 Å². The molecular formula is C20H35IN4O. The molecule has 0 spiro atoms. The molecule has 2 rings (SSSR count). The molecule has 0 radical (unpaired) electrons. The Balaban J connectivity index is 0.00000338. The topological polar surface area (TPSA) is 40.1 Å². The molecule has 26 heavy (non-hydrogen) atoms. The number of hydrogen-bond donors (Lipinski definition) is 1. The van der Waals surface area contributed by atoms with Gasteiger partial charge in [-0.25, -0.2) is 0 Å². The van der Waals surface area contributed by atoms with Gasteiger partial charge in [0.25, 0.3) is 0 Å². The fraction of sp³-hybridized carbons (Fsp3) is 0.650. The van der Waals surface area contributed by atoms with Crippen LogP contribution in [0.2, 0.25) is 0 Å². The molecule has 1 aliphatic heterocycles. The summed E-state index contributed by atoms with van der Waals surface area (Å²) in [5, 5.41) is 3.40. The van der Waals surface area contributed by atoms with Gasteiger partial charge in [-0.3, -0.25) is 4.99 Å². The number of aliphatic imine (C=N–C) groups is 1. The summed E-state index contributed by atoms with van der Waals surface area (Å²) in [7, 11) is 3.80. The second kappa shape index (κ2) is 13.2. The molecule has 0 unspecified atom stereocenters. The third-order valence-corrected chi connectivity index (χ3v) is 4.64. The lowest BCUT2D eigenvalue weighted by Gasteiger charge is -2.23. The molecule has 0 saturated carbocycles. The Bertz CT molecular complexity index is 532. The highest BCUT2D eigenvalue weighted by molar-refractivity contribution is 14.0. The number of ether oxygens (including phenoxy) is 1. The zero-order valence-corrected chi connectivity index (χ0v) is 18.9. The molecule has 0 amide bonds. The Labute approximate surface area is 176 Å². The Morgan fingerprint density at radius 3 is 2.65 bits per heavy atom. The molecule has 1 aliphatic rings. The van der Waals surface area contributed by atoms with E-state index in [1.807, 2.05) is 18.2 Å². The molecule has 1 aromatic carbocycles. The maximum Gasteiger partial charge on any atom is 0.193 e. The number of rotatable bonds is 9. The average molecular weight is 474 g/mol. The molecule has 0 aromatic heterocycles. The molecule has 1 N–H and O–H groups in total. The number of likely N-dealkylation sites (tertiary alicyclic amines) is 1. The molecule has 6 heteroatoms. The Morgan fingerprint density at radius 1 is 1.23 bits per heavy atom. The van der Waals surface area contributed by atoms with Gasteiger partial charge in [-0.2, -0.15) is 0 Å². The van der Waals surface area contributed by atoms with Gasteiger partial charge in [-0.1, -0.05) is 18.2 Å². The van der Waals surface area contributed by atoms with Gasteiger partial charge in [0, 0.05) is 32.2 Å². The highest BCUT2D eigenvalue weighted by Gasteiger charge is 2.11. The van der Waals surface area contributed by atoms with E-state index < -0.39 is 0 Å². The lowest BCUT2D eigenvalue weighted by Crippen LogP contribution is -2.38. The summed E-state index contributed by atoms with van der Waals surface area (Å²) in [5.41, 5.74) is 1.17. The van der Waals surface area contributed by atoms with Gasteiger partial charge in [0.05, 0.1) is 7.11 Å². The number of halogens is 1. The Morgan fingerprint density at radius 2 is 1.96 bits per heavy atom. The van der Waals surface area contributed by atoms with Gasteiger partial charge in [-0.05, 0) is 58.3 Å². The van der Waals surface area contributed by atoms with Crippen molar-refractivity contribution in [2.45, 2.75) is 39.2 Å². The van der Waals surface area contributed by atoms with E-state index in [9.17, 15) is 0 Å². The molecule has 0 bridgehead atoms. The first-order valence-electron chi connectivity index (χ1n) is 9.58. The van der Waals surface area contributed by atoms with Crippen molar-refractivity contribution >= 4 is 29.9 Å². The third-order valence-electron chi connectivity index (χ3n) is 4.64. The van der Waals surface area contributed by atoms with Crippen LogP contribution in [0.5, 0.6) is 5.75 Å². The predicted molar refractivity (Wildman–Crippen MR) is 121 cm³/mol. The first-order chi connectivity index (χ1) is 12.2. The van der Waals surface area contributed by atoms with Crippen molar-refractivity contribution in [3.8, 4) is 5.75 Å². The fourth-order valence-corrected chi connectivity index (χ4v) is 3.27. The smallest absolute Gasteiger partial charge is 0.193 e. The molecule has 1 fully saturated rings. The molecular weight excluding hydrogens is 439 g/mol. The lowest BCUT2D eigenvalue weighted by atomic mass is 10.2. The summed E-state index contributed by atoms with van der Waals surface area (Å²) in [6, 6.07) is 8.16. The van der Waals surface area contributed by atoms with Crippen molar-refractivity contribution in [3.05, 3.63) is 29.8 Å². The minimum absolute atomic E-state index is 0. The van der Waals surface area contributed by atoms with Crippen LogP contribution in [0.4, 0.5) is 0 Å². The van der Waals surface area contributed by atoms with Crippen LogP contribution in [0.1, 0.15) is 38.2 Å². The number of hydrogen-bond acceptors (Lipinski definition) is 3. The van der Waals surface area contributed by atoms with E-state index in [1.54, 1.807) is 7.11 Å². The van der Waals surface area contributed by atoms with Crippen molar-refractivity contribution in [2.24, 2.45) is 4.99 Å². The van der Waals surface area contributed by atoms with Crippen LogP contribution in [-0.4, -0.2) is 62.6 Å². The van der Waals surface area contributed by atoms with Crippen molar-refractivity contribution in [3.63, 3.8) is 0 Å². The zero-order chi connectivity index (χ0) is 17.9. The normalized spacial score (nSPS) is 14.8. The highest BCUT2D eigenvalue weighted by atomic mass is 127. The summed E-state index contributed by atoms with van der Waals surface area (Å²) in [5.74, 6) is 1.89. The second-order valence-corrected chi connectivity index (χ2v) is 6.66. The van der Waals surface area contributed by atoms with Crippen LogP contribution < -0.4 is 10.1 Å². The van der Waals surface area contributed by atoms with E-state index >= 15 is 0 Å². The van der Waals surface area contributed by atoms with Crippen LogP contribution in [-0.2, 0) is 6.54 Å². The van der Waals surface area contributed by atoms with Gasteiger partial charge >= 0.3 is 0 Å². The summed E-state index contributed by atoms with van der Waals surface area (Å²) >= 11 is 0. The molecule has 0 aliphatic carbocycles. The van der Waals surface area contributed by atoms with E-state index in [0.717, 1.165) is 37.8 Å².